The smallest absolute Gasteiger partial charge is 0.322 e. The first kappa shape index (κ1) is 17.7. The van der Waals surface area contributed by atoms with Gasteiger partial charge in [-0.1, -0.05) is 18.2 Å². The van der Waals surface area contributed by atoms with Crippen LogP contribution in [0.15, 0.2) is 60.1 Å². The Morgan fingerprint density at radius 2 is 2.11 bits per heavy atom. The fraction of sp³-hybridized carbons (Fsp3) is 0.211. The Kier molecular flexibility index (Phi) is 4.26. The number of hydrogen-bond donors (Lipinski definition) is 1. The van der Waals surface area contributed by atoms with E-state index in [0.29, 0.717) is 29.9 Å². The SMILES string of the molecule is CN1C(=O)N[C@@H](c2cccc([N+](=O)[O-])c2)C2=C1CN(Cc1cccnc1)C2=O. The standard InChI is InChI=1S/C19H17N5O4/c1-22-15-11-23(10-12-4-3-7-20-9-12)18(25)16(15)17(21-19(22)26)13-5-2-6-14(8-13)24(27)28/h2-9,17H,10-11H2,1H3,(H,21,26)/t17-/m0/s1. The van der Waals surface area contributed by atoms with Crippen molar-refractivity contribution in [3.8, 4) is 0 Å². The third-order valence-electron chi connectivity index (χ3n) is 4.95. The van der Waals surface area contributed by atoms with Gasteiger partial charge in [0, 0.05) is 38.1 Å². The normalized spacial score (nSPS) is 19.0. The van der Waals surface area contributed by atoms with Crippen molar-refractivity contribution in [3.63, 3.8) is 0 Å². The minimum Gasteiger partial charge on any atom is -0.329 e. The minimum atomic E-state index is -0.731. The molecule has 1 N–H and O–H groups in total. The maximum atomic E-state index is 13.1. The predicted molar refractivity (Wildman–Crippen MR) is 98.8 cm³/mol. The average Bonchev–Trinajstić information content (AvgIpc) is 3.02. The Morgan fingerprint density at radius 1 is 1.29 bits per heavy atom. The van der Waals surface area contributed by atoms with Crippen molar-refractivity contribution in [1.29, 1.82) is 0 Å². The molecule has 2 aromatic rings. The summed E-state index contributed by atoms with van der Waals surface area (Å²) in [5.41, 5.74) is 2.33. The van der Waals surface area contributed by atoms with Crippen LogP contribution in [-0.4, -0.2) is 45.2 Å². The lowest BCUT2D eigenvalue weighted by Gasteiger charge is -2.31. The molecule has 4 rings (SSSR count). The first-order valence-corrected chi connectivity index (χ1v) is 8.65. The summed E-state index contributed by atoms with van der Waals surface area (Å²) in [5, 5.41) is 13.9. The molecule has 0 bridgehead atoms. The minimum absolute atomic E-state index is 0.0921. The number of aromatic nitrogens is 1. The summed E-state index contributed by atoms with van der Waals surface area (Å²) in [6.45, 7) is 0.655. The van der Waals surface area contributed by atoms with Crippen molar-refractivity contribution in [3.05, 3.63) is 81.3 Å². The van der Waals surface area contributed by atoms with Crippen LogP contribution in [0.4, 0.5) is 10.5 Å². The molecule has 0 spiro atoms. The second-order valence-corrected chi connectivity index (χ2v) is 6.68. The Balaban J connectivity index is 1.69. The van der Waals surface area contributed by atoms with Gasteiger partial charge in [-0.2, -0.15) is 0 Å². The number of nitrogens with one attached hydrogen (secondary N) is 1. The molecule has 3 heterocycles. The lowest BCUT2D eigenvalue weighted by Crippen LogP contribution is -2.45. The highest BCUT2D eigenvalue weighted by atomic mass is 16.6. The van der Waals surface area contributed by atoms with E-state index in [9.17, 15) is 19.7 Å². The molecular weight excluding hydrogens is 362 g/mol. The van der Waals surface area contributed by atoms with Gasteiger partial charge in [0.25, 0.3) is 11.6 Å². The lowest BCUT2D eigenvalue weighted by molar-refractivity contribution is -0.384. The number of rotatable bonds is 4. The molecule has 3 amide bonds. The summed E-state index contributed by atoms with van der Waals surface area (Å²) in [5.74, 6) is -0.206. The summed E-state index contributed by atoms with van der Waals surface area (Å²) in [4.78, 5) is 43.3. The van der Waals surface area contributed by atoms with Gasteiger partial charge in [0.05, 0.1) is 28.8 Å². The molecule has 1 aromatic heterocycles. The van der Waals surface area contributed by atoms with Gasteiger partial charge in [-0.05, 0) is 17.2 Å². The number of likely N-dealkylation sites (N-methyl/N-ethyl adjacent to an activating group) is 1. The van der Waals surface area contributed by atoms with Crippen LogP contribution in [0.1, 0.15) is 17.2 Å². The number of carbonyl (C=O) groups excluding carboxylic acids is 2. The van der Waals surface area contributed by atoms with E-state index in [1.165, 1.54) is 17.0 Å². The highest BCUT2D eigenvalue weighted by Gasteiger charge is 2.43. The van der Waals surface area contributed by atoms with Gasteiger partial charge in [-0.25, -0.2) is 4.79 Å². The van der Waals surface area contributed by atoms with Crippen molar-refractivity contribution in [1.82, 2.24) is 20.1 Å². The van der Waals surface area contributed by atoms with Gasteiger partial charge in [0.2, 0.25) is 0 Å². The zero-order valence-electron chi connectivity index (χ0n) is 15.0. The van der Waals surface area contributed by atoms with Crippen molar-refractivity contribution in [2.45, 2.75) is 12.6 Å². The number of carbonyl (C=O) groups is 2. The number of nitrogens with zero attached hydrogens (tertiary/aromatic N) is 4. The summed E-state index contributed by atoms with van der Waals surface area (Å²) in [6, 6.07) is 8.57. The highest BCUT2D eigenvalue weighted by molar-refractivity contribution is 6.01. The average molecular weight is 379 g/mol. The third-order valence-corrected chi connectivity index (χ3v) is 4.95. The van der Waals surface area contributed by atoms with Crippen molar-refractivity contribution < 1.29 is 14.5 Å². The van der Waals surface area contributed by atoms with Crippen LogP contribution in [0.2, 0.25) is 0 Å². The lowest BCUT2D eigenvalue weighted by atomic mass is 9.95. The van der Waals surface area contributed by atoms with Crippen LogP contribution in [0.25, 0.3) is 0 Å². The van der Waals surface area contributed by atoms with E-state index >= 15 is 0 Å². The number of urea groups is 1. The molecule has 142 valence electrons. The number of non-ortho nitro benzene ring substituents is 1. The van der Waals surface area contributed by atoms with Gasteiger partial charge < -0.3 is 10.2 Å². The molecule has 9 nitrogen and oxygen atoms in total. The summed E-state index contributed by atoms with van der Waals surface area (Å²) in [7, 11) is 1.61. The van der Waals surface area contributed by atoms with Crippen molar-refractivity contribution in [2.75, 3.05) is 13.6 Å². The Morgan fingerprint density at radius 3 is 2.82 bits per heavy atom. The van der Waals surface area contributed by atoms with Crippen LogP contribution in [0.3, 0.4) is 0 Å². The molecule has 0 fully saturated rings. The maximum absolute atomic E-state index is 13.1. The third kappa shape index (κ3) is 2.96. The number of nitro groups is 1. The van der Waals surface area contributed by atoms with Crippen LogP contribution in [0.5, 0.6) is 0 Å². The first-order chi connectivity index (χ1) is 13.5. The zero-order chi connectivity index (χ0) is 19.8. The number of pyridine rings is 1. The van der Waals surface area contributed by atoms with E-state index in [4.69, 9.17) is 0 Å². The quantitative estimate of drug-likeness (QED) is 0.645. The summed E-state index contributed by atoms with van der Waals surface area (Å²) >= 11 is 0. The molecule has 1 aromatic carbocycles. The molecule has 2 aliphatic rings. The molecule has 0 aliphatic carbocycles. The fourth-order valence-electron chi connectivity index (χ4n) is 3.53. The molecule has 0 unspecified atom stereocenters. The Labute approximate surface area is 160 Å². The molecule has 28 heavy (non-hydrogen) atoms. The number of amides is 3. The summed E-state index contributed by atoms with van der Waals surface area (Å²) in [6.07, 6.45) is 3.35. The fourth-order valence-corrected chi connectivity index (χ4v) is 3.53. The molecule has 2 aliphatic heterocycles. The van der Waals surface area contributed by atoms with Gasteiger partial charge in [0.1, 0.15) is 0 Å². The Bertz CT molecular complexity index is 1000. The molecule has 0 saturated carbocycles. The van der Waals surface area contributed by atoms with E-state index in [1.807, 2.05) is 6.07 Å². The summed E-state index contributed by atoms with van der Waals surface area (Å²) < 4.78 is 0. The van der Waals surface area contributed by atoms with E-state index in [2.05, 4.69) is 10.3 Å². The van der Waals surface area contributed by atoms with Crippen LogP contribution >= 0.6 is 0 Å². The first-order valence-electron chi connectivity index (χ1n) is 8.65. The number of benzene rings is 1. The van der Waals surface area contributed by atoms with Crippen LogP contribution < -0.4 is 5.32 Å². The van der Waals surface area contributed by atoms with Gasteiger partial charge >= 0.3 is 6.03 Å². The van der Waals surface area contributed by atoms with Crippen molar-refractivity contribution >= 4 is 17.6 Å². The number of nitro benzene ring substituents is 1. The predicted octanol–water partition coefficient (Wildman–Crippen LogP) is 1.98. The molecule has 1 atom stereocenters. The number of hydrogen-bond acceptors (Lipinski definition) is 5. The van der Waals surface area contributed by atoms with Gasteiger partial charge in [-0.3, -0.25) is 24.8 Å². The molecule has 0 saturated heterocycles. The van der Waals surface area contributed by atoms with Crippen molar-refractivity contribution in [2.24, 2.45) is 0 Å². The topological polar surface area (TPSA) is 109 Å². The largest absolute Gasteiger partial charge is 0.329 e. The molecule has 0 radical (unpaired) electrons. The zero-order valence-corrected chi connectivity index (χ0v) is 15.0. The second-order valence-electron chi connectivity index (χ2n) is 6.68. The van der Waals surface area contributed by atoms with Crippen LogP contribution in [-0.2, 0) is 11.3 Å². The van der Waals surface area contributed by atoms with E-state index < -0.39 is 11.0 Å². The van der Waals surface area contributed by atoms with Gasteiger partial charge in [-0.15, -0.1) is 0 Å². The van der Waals surface area contributed by atoms with E-state index in [1.54, 1.807) is 42.5 Å². The van der Waals surface area contributed by atoms with Crippen LogP contribution in [0, 0.1) is 10.1 Å². The maximum Gasteiger partial charge on any atom is 0.322 e. The highest BCUT2D eigenvalue weighted by Crippen LogP contribution is 2.36. The van der Waals surface area contributed by atoms with E-state index in [0.717, 1.165) is 5.56 Å². The monoisotopic (exact) mass is 379 g/mol. The molecular formula is C19H17N5O4. The Hall–Kier alpha value is -3.75. The van der Waals surface area contributed by atoms with Gasteiger partial charge in [0.15, 0.2) is 0 Å². The van der Waals surface area contributed by atoms with E-state index in [-0.39, 0.29) is 17.6 Å². The second kappa shape index (κ2) is 6.76. The molecule has 9 heteroatoms.